The summed E-state index contributed by atoms with van der Waals surface area (Å²) in [6.45, 7) is 2.12. The highest BCUT2D eigenvalue weighted by Gasteiger charge is 2.15. The Morgan fingerprint density at radius 1 is 1.29 bits per heavy atom. The third-order valence-corrected chi connectivity index (χ3v) is 4.70. The Hall–Kier alpha value is -1.85. The summed E-state index contributed by atoms with van der Waals surface area (Å²) in [6.07, 6.45) is -0.0646. The minimum absolute atomic E-state index is 0.0646. The molecular weight excluding hydrogens is 310 g/mol. The number of aryl methyl sites for hydroxylation is 1. The molecule has 2 rings (SSSR count). The molecule has 110 valence electrons. The molecule has 0 aliphatic rings. The average Bonchev–Trinajstić information content (AvgIpc) is 2.77. The van der Waals surface area contributed by atoms with Crippen molar-refractivity contribution in [2.24, 2.45) is 0 Å². The molecule has 0 aliphatic heterocycles. The number of aliphatic carboxylic acids is 1. The summed E-state index contributed by atoms with van der Waals surface area (Å²) in [7, 11) is 0. The number of hydrogen-bond acceptors (Lipinski definition) is 3. The van der Waals surface area contributed by atoms with Gasteiger partial charge in [-0.1, -0.05) is 35.9 Å². The van der Waals surface area contributed by atoms with Crippen molar-refractivity contribution in [3.63, 3.8) is 0 Å². The molecule has 0 bridgehead atoms. The number of amides is 1. The van der Waals surface area contributed by atoms with E-state index in [0.717, 1.165) is 11.1 Å². The Bertz CT molecular complexity index is 681. The molecule has 4 nitrogen and oxygen atoms in total. The second-order valence-electron chi connectivity index (χ2n) is 4.58. The summed E-state index contributed by atoms with van der Waals surface area (Å²) in [5.41, 5.74) is 2.36. The molecular formula is C15H14ClNO3S. The maximum Gasteiger partial charge on any atom is 0.307 e. The van der Waals surface area contributed by atoms with Crippen LogP contribution >= 0.6 is 22.9 Å². The van der Waals surface area contributed by atoms with Crippen LogP contribution in [0.5, 0.6) is 0 Å². The van der Waals surface area contributed by atoms with E-state index in [-0.39, 0.29) is 18.9 Å². The lowest BCUT2D eigenvalue weighted by Gasteiger charge is -2.09. The van der Waals surface area contributed by atoms with E-state index in [4.69, 9.17) is 16.7 Å². The fourth-order valence-electron chi connectivity index (χ4n) is 1.90. The lowest BCUT2D eigenvalue weighted by molar-refractivity contribution is -0.136. The van der Waals surface area contributed by atoms with E-state index in [1.807, 2.05) is 18.4 Å². The number of nitrogens with one attached hydrogen (secondary N) is 1. The first-order valence-electron chi connectivity index (χ1n) is 6.29. The summed E-state index contributed by atoms with van der Waals surface area (Å²) in [4.78, 5) is 23.4. The van der Waals surface area contributed by atoms with E-state index < -0.39 is 5.97 Å². The number of rotatable bonds is 5. The number of carboxylic acids is 1. The van der Waals surface area contributed by atoms with Gasteiger partial charge in [-0.15, -0.1) is 11.3 Å². The molecule has 1 amide bonds. The van der Waals surface area contributed by atoms with Gasteiger partial charge in [0.2, 0.25) is 0 Å². The molecule has 0 radical (unpaired) electrons. The summed E-state index contributed by atoms with van der Waals surface area (Å²) in [5.74, 6) is -1.14. The van der Waals surface area contributed by atoms with Gasteiger partial charge in [-0.2, -0.15) is 0 Å². The van der Waals surface area contributed by atoms with Gasteiger partial charge in [0, 0.05) is 6.54 Å². The van der Waals surface area contributed by atoms with Crippen LogP contribution < -0.4 is 5.32 Å². The van der Waals surface area contributed by atoms with Crippen molar-refractivity contribution >= 4 is 34.8 Å². The van der Waals surface area contributed by atoms with E-state index in [1.54, 1.807) is 18.2 Å². The average molecular weight is 324 g/mol. The van der Waals surface area contributed by atoms with Crippen molar-refractivity contribution < 1.29 is 14.7 Å². The van der Waals surface area contributed by atoms with E-state index in [2.05, 4.69) is 5.32 Å². The van der Waals surface area contributed by atoms with E-state index in [1.165, 1.54) is 11.3 Å². The molecule has 0 saturated carbocycles. The third-order valence-electron chi connectivity index (χ3n) is 3.00. The topological polar surface area (TPSA) is 66.4 Å². The summed E-state index contributed by atoms with van der Waals surface area (Å²) in [6, 6.07) is 7.15. The van der Waals surface area contributed by atoms with Gasteiger partial charge in [-0.25, -0.2) is 0 Å². The van der Waals surface area contributed by atoms with Gasteiger partial charge in [-0.3, -0.25) is 9.59 Å². The highest BCUT2D eigenvalue weighted by molar-refractivity contribution is 7.13. The molecule has 2 aromatic rings. The van der Waals surface area contributed by atoms with Gasteiger partial charge in [-0.05, 0) is 29.0 Å². The number of carbonyl (C=O) groups excluding carboxylic acids is 1. The number of carboxylic acid groups (broad SMARTS) is 1. The predicted octanol–water partition coefficient (Wildman–Crippen LogP) is 3.27. The lowest BCUT2D eigenvalue weighted by atomic mass is 10.0. The SMILES string of the molecule is Cc1csc(C(=O)NCc2ccccc2CC(=O)O)c1Cl. The van der Waals surface area contributed by atoms with Crippen LogP contribution in [0.2, 0.25) is 5.02 Å². The highest BCUT2D eigenvalue weighted by Crippen LogP contribution is 2.27. The molecule has 0 aliphatic carbocycles. The van der Waals surface area contributed by atoms with Crippen LogP contribution in [0.25, 0.3) is 0 Å². The quantitative estimate of drug-likeness (QED) is 0.887. The van der Waals surface area contributed by atoms with Crippen molar-refractivity contribution in [2.75, 3.05) is 0 Å². The molecule has 2 N–H and O–H groups in total. The number of thiophene rings is 1. The van der Waals surface area contributed by atoms with Crippen LogP contribution in [0, 0.1) is 6.92 Å². The van der Waals surface area contributed by atoms with Gasteiger partial charge in [0.1, 0.15) is 4.88 Å². The molecule has 1 heterocycles. The molecule has 0 spiro atoms. The Morgan fingerprint density at radius 2 is 1.95 bits per heavy atom. The van der Waals surface area contributed by atoms with E-state index in [0.29, 0.717) is 15.5 Å². The van der Waals surface area contributed by atoms with Crippen molar-refractivity contribution in [1.29, 1.82) is 0 Å². The molecule has 0 unspecified atom stereocenters. The van der Waals surface area contributed by atoms with Crippen molar-refractivity contribution in [3.05, 3.63) is 56.2 Å². The Kier molecular flexibility index (Phi) is 4.98. The van der Waals surface area contributed by atoms with Crippen LogP contribution in [-0.4, -0.2) is 17.0 Å². The Labute approximate surface area is 131 Å². The monoisotopic (exact) mass is 323 g/mol. The van der Waals surface area contributed by atoms with E-state index in [9.17, 15) is 9.59 Å². The van der Waals surface area contributed by atoms with Crippen molar-refractivity contribution in [2.45, 2.75) is 19.9 Å². The normalized spacial score (nSPS) is 10.4. The number of carbonyl (C=O) groups is 2. The standard InChI is InChI=1S/C15H14ClNO3S/c1-9-8-21-14(13(9)16)15(20)17-7-11-5-3-2-4-10(11)6-12(18)19/h2-5,8H,6-7H2,1H3,(H,17,20)(H,18,19). The Morgan fingerprint density at radius 3 is 2.52 bits per heavy atom. The summed E-state index contributed by atoms with van der Waals surface area (Å²) >= 11 is 7.35. The van der Waals surface area contributed by atoms with Crippen molar-refractivity contribution in [3.8, 4) is 0 Å². The molecule has 21 heavy (non-hydrogen) atoms. The van der Waals surface area contributed by atoms with Gasteiger partial charge >= 0.3 is 5.97 Å². The highest BCUT2D eigenvalue weighted by atomic mass is 35.5. The number of benzene rings is 1. The second kappa shape index (κ2) is 6.74. The zero-order valence-corrected chi connectivity index (χ0v) is 12.9. The van der Waals surface area contributed by atoms with Crippen LogP contribution in [0.15, 0.2) is 29.6 Å². The minimum Gasteiger partial charge on any atom is -0.481 e. The molecule has 0 fully saturated rings. The van der Waals surface area contributed by atoms with Crippen LogP contribution in [0.1, 0.15) is 26.4 Å². The molecule has 0 saturated heterocycles. The Balaban J connectivity index is 2.08. The molecule has 1 aromatic carbocycles. The van der Waals surface area contributed by atoms with Crippen LogP contribution in [-0.2, 0) is 17.8 Å². The van der Waals surface area contributed by atoms with Gasteiger partial charge in [0.25, 0.3) is 5.91 Å². The van der Waals surface area contributed by atoms with Crippen LogP contribution in [0.4, 0.5) is 0 Å². The number of halogens is 1. The predicted molar refractivity (Wildman–Crippen MR) is 83.0 cm³/mol. The zero-order chi connectivity index (χ0) is 15.4. The maximum absolute atomic E-state index is 12.1. The van der Waals surface area contributed by atoms with Crippen LogP contribution in [0.3, 0.4) is 0 Å². The molecule has 1 aromatic heterocycles. The van der Waals surface area contributed by atoms with Gasteiger partial charge < -0.3 is 10.4 Å². The largest absolute Gasteiger partial charge is 0.481 e. The second-order valence-corrected chi connectivity index (χ2v) is 5.84. The smallest absolute Gasteiger partial charge is 0.307 e. The fraction of sp³-hybridized carbons (Fsp3) is 0.200. The molecule has 6 heteroatoms. The van der Waals surface area contributed by atoms with E-state index >= 15 is 0 Å². The summed E-state index contributed by atoms with van der Waals surface area (Å²) < 4.78 is 0. The summed E-state index contributed by atoms with van der Waals surface area (Å²) in [5, 5.41) is 14.0. The van der Waals surface area contributed by atoms with Crippen molar-refractivity contribution in [1.82, 2.24) is 5.32 Å². The number of hydrogen-bond donors (Lipinski definition) is 2. The van der Waals surface area contributed by atoms with Gasteiger partial charge in [0.05, 0.1) is 11.4 Å². The van der Waals surface area contributed by atoms with Gasteiger partial charge in [0.15, 0.2) is 0 Å². The minimum atomic E-state index is -0.897. The zero-order valence-electron chi connectivity index (χ0n) is 11.4. The third kappa shape index (κ3) is 3.83. The first kappa shape index (κ1) is 15.5. The maximum atomic E-state index is 12.1. The lowest BCUT2D eigenvalue weighted by Crippen LogP contribution is -2.23. The first-order valence-corrected chi connectivity index (χ1v) is 7.55. The molecule has 0 atom stereocenters. The first-order chi connectivity index (χ1) is 9.99. The fourth-order valence-corrected chi connectivity index (χ4v) is 3.10.